The number of nitrogens with zero attached hydrogens (tertiary/aromatic N) is 2. The van der Waals surface area contributed by atoms with Crippen molar-refractivity contribution in [2.24, 2.45) is 0 Å². The Balaban J connectivity index is 2.09. The van der Waals surface area contributed by atoms with Gasteiger partial charge in [0.1, 0.15) is 5.82 Å². The van der Waals surface area contributed by atoms with Gasteiger partial charge in [0.05, 0.1) is 0 Å². The standard InChI is InChI=1S/C11H19N3/c1-2-4-11-13-7-8-14(11)10-5-3-6-12-9-10/h7-8,10,12H,2-6,9H2,1H3/t10-/m0/s1. The predicted octanol–water partition coefficient (Wildman–Crippen LogP) is 1.76. The van der Waals surface area contributed by atoms with Gasteiger partial charge in [-0.05, 0) is 25.8 Å². The molecule has 1 fully saturated rings. The molecule has 2 heterocycles. The molecular weight excluding hydrogens is 174 g/mol. The second-order valence-corrected chi connectivity index (χ2v) is 4.00. The lowest BCUT2D eigenvalue weighted by molar-refractivity contribution is 0.363. The minimum atomic E-state index is 0.632. The Morgan fingerprint density at radius 2 is 2.57 bits per heavy atom. The van der Waals surface area contributed by atoms with Crippen molar-refractivity contribution in [2.45, 2.75) is 38.6 Å². The number of rotatable bonds is 3. The second-order valence-electron chi connectivity index (χ2n) is 4.00. The van der Waals surface area contributed by atoms with Gasteiger partial charge in [-0.1, -0.05) is 6.92 Å². The number of hydrogen-bond donors (Lipinski definition) is 1. The lowest BCUT2D eigenvalue weighted by Crippen LogP contribution is -2.32. The number of hydrogen-bond acceptors (Lipinski definition) is 2. The Bertz CT molecular complexity index is 274. The summed E-state index contributed by atoms with van der Waals surface area (Å²) in [6.07, 6.45) is 8.91. The van der Waals surface area contributed by atoms with Gasteiger partial charge in [-0.2, -0.15) is 0 Å². The van der Waals surface area contributed by atoms with Crippen LogP contribution in [0, 0.1) is 0 Å². The molecule has 1 aliphatic rings. The summed E-state index contributed by atoms with van der Waals surface area (Å²) in [6.45, 7) is 4.49. The van der Waals surface area contributed by atoms with Gasteiger partial charge in [0.25, 0.3) is 0 Å². The Morgan fingerprint density at radius 3 is 3.29 bits per heavy atom. The molecule has 1 aliphatic heterocycles. The summed E-state index contributed by atoms with van der Waals surface area (Å²) in [6, 6.07) is 0.632. The van der Waals surface area contributed by atoms with Crippen molar-refractivity contribution in [1.29, 1.82) is 0 Å². The van der Waals surface area contributed by atoms with E-state index in [2.05, 4.69) is 28.0 Å². The molecule has 2 rings (SSSR count). The van der Waals surface area contributed by atoms with Crippen LogP contribution in [0.2, 0.25) is 0 Å². The average Bonchev–Trinajstić information content (AvgIpc) is 2.68. The van der Waals surface area contributed by atoms with E-state index < -0.39 is 0 Å². The fourth-order valence-electron chi connectivity index (χ4n) is 2.16. The van der Waals surface area contributed by atoms with Crippen LogP contribution in [-0.2, 0) is 6.42 Å². The monoisotopic (exact) mass is 193 g/mol. The molecule has 78 valence electrons. The smallest absolute Gasteiger partial charge is 0.108 e. The van der Waals surface area contributed by atoms with Crippen molar-refractivity contribution in [2.75, 3.05) is 13.1 Å². The molecule has 1 aromatic heterocycles. The maximum Gasteiger partial charge on any atom is 0.108 e. The summed E-state index contributed by atoms with van der Waals surface area (Å²) in [7, 11) is 0. The molecular formula is C11H19N3. The molecule has 0 bridgehead atoms. The summed E-state index contributed by atoms with van der Waals surface area (Å²) in [5, 5.41) is 3.44. The van der Waals surface area contributed by atoms with Crippen LogP contribution in [0.25, 0.3) is 0 Å². The van der Waals surface area contributed by atoms with E-state index in [0.717, 1.165) is 13.0 Å². The first-order valence-electron chi connectivity index (χ1n) is 5.64. The number of aromatic nitrogens is 2. The number of aryl methyl sites for hydroxylation is 1. The highest BCUT2D eigenvalue weighted by Gasteiger charge is 2.16. The summed E-state index contributed by atoms with van der Waals surface area (Å²) in [4.78, 5) is 4.42. The van der Waals surface area contributed by atoms with Crippen LogP contribution in [0.5, 0.6) is 0 Å². The first-order valence-corrected chi connectivity index (χ1v) is 5.64. The third kappa shape index (κ3) is 1.98. The largest absolute Gasteiger partial charge is 0.331 e. The molecule has 1 aromatic rings. The van der Waals surface area contributed by atoms with Gasteiger partial charge in [0.2, 0.25) is 0 Å². The van der Waals surface area contributed by atoms with Crippen LogP contribution in [0.1, 0.15) is 38.1 Å². The molecule has 3 nitrogen and oxygen atoms in total. The van der Waals surface area contributed by atoms with E-state index >= 15 is 0 Å². The quantitative estimate of drug-likeness (QED) is 0.792. The molecule has 0 unspecified atom stereocenters. The van der Waals surface area contributed by atoms with Crippen LogP contribution in [-0.4, -0.2) is 22.6 Å². The molecule has 3 heteroatoms. The molecule has 1 N–H and O–H groups in total. The van der Waals surface area contributed by atoms with Gasteiger partial charge in [-0.3, -0.25) is 0 Å². The fourth-order valence-corrected chi connectivity index (χ4v) is 2.16. The van der Waals surface area contributed by atoms with Gasteiger partial charge < -0.3 is 9.88 Å². The Kier molecular flexibility index (Phi) is 3.19. The first-order chi connectivity index (χ1) is 6.92. The number of nitrogens with one attached hydrogen (secondary N) is 1. The van der Waals surface area contributed by atoms with E-state index in [1.54, 1.807) is 0 Å². The van der Waals surface area contributed by atoms with E-state index in [4.69, 9.17) is 0 Å². The average molecular weight is 193 g/mol. The van der Waals surface area contributed by atoms with Gasteiger partial charge in [0, 0.05) is 31.4 Å². The zero-order valence-electron chi connectivity index (χ0n) is 8.87. The van der Waals surface area contributed by atoms with E-state index in [1.165, 1.54) is 31.6 Å². The van der Waals surface area contributed by atoms with Crippen molar-refractivity contribution in [3.05, 3.63) is 18.2 Å². The summed E-state index contributed by atoms with van der Waals surface area (Å²) in [5.74, 6) is 1.25. The summed E-state index contributed by atoms with van der Waals surface area (Å²) in [5.41, 5.74) is 0. The van der Waals surface area contributed by atoms with Crippen LogP contribution in [0.3, 0.4) is 0 Å². The van der Waals surface area contributed by atoms with Crippen molar-refractivity contribution < 1.29 is 0 Å². The molecule has 1 atom stereocenters. The maximum absolute atomic E-state index is 4.42. The van der Waals surface area contributed by atoms with Crippen LogP contribution < -0.4 is 5.32 Å². The van der Waals surface area contributed by atoms with Gasteiger partial charge in [-0.25, -0.2) is 4.98 Å². The Morgan fingerprint density at radius 1 is 1.64 bits per heavy atom. The minimum absolute atomic E-state index is 0.632. The lowest BCUT2D eigenvalue weighted by atomic mass is 10.1. The summed E-state index contributed by atoms with van der Waals surface area (Å²) >= 11 is 0. The molecule has 0 saturated carbocycles. The normalized spacial score (nSPS) is 22.5. The van der Waals surface area contributed by atoms with Crippen molar-refractivity contribution in [1.82, 2.24) is 14.9 Å². The lowest BCUT2D eigenvalue weighted by Gasteiger charge is -2.25. The van der Waals surface area contributed by atoms with E-state index in [9.17, 15) is 0 Å². The zero-order valence-corrected chi connectivity index (χ0v) is 8.87. The third-order valence-electron chi connectivity index (χ3n) is 2.89. The van der Waals surface area contributed by atoms with Crippen molar-refractivity contribution in [3.63, 3.8) is 0 Å². The van der Waals surface area contributed by atoms with Crippen LogP contribution >= 0.6 is 0 Å². The molecule has 0 spiro atoms. The molecule has 14 heavy (non-hydrogen) atoms. The minimum Gasteiger partial charge on any atom is -0.331 e. The number of piperidine rings is 1. The SMILES string of the molecule is CCCc1nccn1[C@H]1CCCNC1. The van der Waals surface area contributed by atoms with Gasteiger partial charge in [-0.15, -0.1) is 0 Å². The number of imidazole rings is 1. The van der Waals surface area contributed by atoms with Gasteiger partial charge in [0.15, 0.2) is 0 Å². The molecule has 0 aliphatic carbocycles. The maximum atomic E-state index is 4.42. The molecule has 0 radical (unpaired) electrons. The second kappa shape index (κ2) is 4.60. The van der Waals surface area contributed by atoms with Gasteiger partial charge >= 0.3 is 0 Å². The van der Waals surface area contributed by atoms with E-state index in [0.29, 0.717) is 6.04 Å². The highest BCUT2D eigenvalue weighted by molar-refractivity contribution is 4.96. The van der Waals surface area contributed by atoms with E-state index in [-0.39, 0.29) is 0 Å². The molecule has 0 amide bonds. The highest BCUT2D eigenvalue weighted by atomic mass is 15.1. The van der Waals surface area contributed by atoms with Crippen LogP contribution in [0.15, 0.2) is 12.4 Å². The molecule has 0 aromatic carbocycles. The Labute approximate surface area is 85.5 Å². The summed E-state index contributed by atoms with van der Waals surface area (Å²) < 4.78 is 2.36. The first kappa shape index (κ1) is 9.71. The topological polar surface area (TPSA) is 29.9 Å². The highest BCUT2D eigenvalue weighted by Crippen LogP contribution is 2.18. The third-order valence-corrected chi connectivity index (χ3v) is 2.89. The molecule has 1 saturated heterocycles. The van der Waals surface area contributed by atoms with Crippen molar-refractivity contribution in [3.8, 4) is 0 Å². The zero-order chi connectivity index (χ0) is 9.80. The van der Waals surface area contributed by atoms with E-state index in [1.807, 2.05) is 6.20 Å². The Hall–Kier alpha value is -0.830. The predicted molar refractivity (Wildman–Crippen MR) is 57.4 cm³/mol. The van der Waals surface area contributed by atoms with Crippen molar-refractivity contribution >= 4 is 0 Å². The fraction of sp³-hybridized carbons (Fsp3) is 0.727. The van der Waals surface area contributed by atoms with Crippen LogP contribution in [0.4, 0.5) is 0 Å².